The topological polar surface area (TPSA) is 106 Å². The zero-order valence-corrected chi connectivity index (χ0v) is 11.6. The summed E-state index contributed by atoms with van der Waals surface area (Å²) in [6, 6.07) is 1.08. The number of pyridine rings is 1. The molecular weight excluding hydrogens is 265 g/mol. The summed E-state index contributed by atoms with van der Waals surface area (Å²) < 4.78 is 18.8. The molecule has 1 aromatic rings. The van der Waals surface area contributed by atoms with Crippen molar-refractivity contribution in [3.63, 3.8) is 0 Å². The number of amides is 1. The minimum Gasteiger partial charge on any atom is -0.444 e. The maximum Gasteiger partial charge on any atom is 0.412 e. The number of anilines is 2. The predicted molar refractivity (Wildman–Crippen MR) is 74.0 cm³/mol. The van der Waals surface area contributed by atoms with Crippen LogP contribution in [0.4, 0.5) is 20.7 Å². The van der Waals surface area contributed by atoms with E-state index >= 15 is 0 Å². The van der Waals surface area contributed by atoms with Gasteiger partial charge in [-0.2, -0.15) is 0 Å². The average molecular weight is 283 g/mol. The molecule has 5 N–H and O–H groups in total. The molecule has 0 spiro atoms. The van der Waals surface area contributed by atoms with E-state index in [1.165, 1.54) is 12.4 Å². The van der Waals surface area contributed by atoms with E-state index in [2.05, 4.69) is 10.3 Å². The second-order valence-corrected chi connectivity index (χ2v) is 4.91. The van der Waals surface area contributed by atoms with Crippen LogP contribution < -0.4 is 21.9 Å². The first-order valence-electron chi connectivity index (χ1n) is 5.81. The lowest BCUT2D eigenvalue weighted by Crippen LogP contribution is -2.28. The minimum atomic E-state index is -0.709. The van der Waals surface area contributed by atoms with Gasteiger partial charge in [-0.15, -0.1) is 0 Å². The first kappa shape index (κ1) is 15.7. The molecule has 0 fully saturated rings. The van der Waals surface area contributed by atoms with Crippen LogP contribution in [0.5, 0.6) is 0 Å². The summed E-state index contributed by atoms with van der Waals surface area (Å²) in [7, 11) is 0. The fourth-order valence-corrected chi connectivity index (χ4v) is 1.27. The number of rotatable bonds is 3. The van der Waals surface area contributed by atoms with Gasteiger partial charge in [-0.3, -0.25) is 10.3 Å². The van der Waals surface area contributed by atoms with Crippen LogP contribution in [0, 0.1) is 5.82 Å². The van der Waals surface area contributed by atoms with Crippen LogP contribution in [0.25, 0.3) is 0 Å². The molecule has 110 valence electrons. The summed E-state index contributed by atoms with van der Waals surface area (Å²) in [4.78, 5) is 15.3. The molecule has 0 aliphatic carbocycles. The molecule has 20 heavy (non-hydrogen) atoms. The van der Waals surface area contributed by atoms with Crippen LogP contribution >= 0.6 is 0 Å². The summed E-state index contributed by atoms with van der Waals surface area (Å²) in [5.74, 6) is 4.66. The number of aromatic nitrogens is 1. The van der Waals surface area contributed by atoms with Crippen LogP contribution in [0.15, 0.2) is 24.7 Å². The second-order valence-electron chi connectivity index (χ2n) is 4.91. The molecule has 0 radical (unpaired) electrons. The minimum absolute atomic E-state index is 0.124. The Hall–Kier alpha value is -2.35. The van der Waals surface area contributed by atoms with E-state index in [4.69, 9.17) is 16.3 Å². The molecule has 0 aliphatic heterocycles. The first-order chi connectivity index (χ1) is 9.23. The van der Waals surface area contributed by atoms with E-state index in [9.17, 15) is 9.18 Å². The maximum atomic E-state index is 13.8. The zero-order chi connectivity index (χ0) is 15.3. The van der Waals surface area contributed by atoms with Gasteiger partial charge in [0.25, 0.3) is 0 Å². The Morgan fingerprint density at radius 1 is 1.55 bits per heavy atom. The molecule has 7 nitrogen and oxygen atoms in total. The van der Waals surface area contributed by atoms with Crippen molar-refractivity contribution in [1.29, 1.82) is 0 Å². The highest BCUT2D eigenvalue weighted by Crippen LogP contribution is 2.18. The summed E-state index contributed by atoms with van der Waals surface area (Å²) in [5, 5.41) is 3.29. The normalized spacial score (nSPS) is 11.4. The Kier molecular flexibility index (Phi) is 4.87. The second kappa shape index (κ2) is 6.20. The van der Waals surface area contributed by atoms with Gasteiger partial charge < -0.3 is 10.5 Å². The molecule has 0 aromatic carbocycles. The van der Waals surface area contributed by atoms with Crippen LogP contribution in [0.1, 0.15) is 20.8 Å². The van der Waals surface area contributed by atoms with E-state index in [0.717, 1.165) is 17.3 Å². The van der Waals surface area contributed by atoms with Crippen molar-refractivity contribution in [2.45, 2.75) is 26.4 Å². The zero-order valence-electron chi connectivity index (χ0n) is 11.6. The van der Waals surface area contributed by atoms with Gasteiger partial charge in [0.1, 0.15) is 5.60 Å². The molecular formula is C12H18FN5O2. The fraction of sp³-hybridized carbons (Fsp3) is 0.333. The number of carbonyl (C=O) groups excluding carboxylic acids is 1. The standard InChI is InChI=1S/C12H18FN5O2/c1-12(2,3)20-11(19)17-8-6-9(13)10(16-7-8)18(15)5-4-14/h4-7H,14-15H2,1-3H3,(H,17,19)/b5-4-. The highest BCUT2D eigenvalue weighted by molar-refractivity contribution is 5.84. The van der Waals surface area contributed by atoms with Crippen molar-refractivity contribution in [2.75, 3.05) is 10.3 Å². The number of nitrogens with two attached hydrogens (primary N) is 2. The van der Waals surface area contributed by atoms with Crippen molar-refractivity contribution in [3.05, 3.63) is 30.5 Å². The molecule has 0 atom stereocenters. The molecule has 1 aromatic heterocycles. The van der Waals surface area contributed by atoms with Crippen molar-refractivity contribution >= 4 is 17.6 Å². The molecule has 0 saturated heterocycles. The van der Waals surface area contributed by atoms with Gasteiger partial charge >= 0.3 is 6.09 Å². The number of hydrogen-bond acceptors (Lipinski definition) is 6. The number of nitrogens with one attached hydrogen (secondary N) is 1. The Morgan fingerprint density at radius 2 is 2.20 bits per heavy atom. The number of halogens is 1. The molecule has 8 heteroatoms. The third-order valence-electron chi connectivity index (χ3n) is 1.96. The predicted octanol–water partition coefficient (Wildman–Crippen LogP) is 1.68. The van der Waals surface area contributed by atoms with Crippen LogP contribution in [0.3, 0.4) is 0 Å². The largest absolute Gasteiger partial charge is 0.444 e. The molecule has 1 heterocycles. The summed E-state index contributed by atoms with van der Waals surface area (Å²) >= 11 is 0. The van der Waals surface area contributed by atoms with Gasteiger partial charge in [0, 0.05) is 18.5 Å². The number of hydrogen-bond donors (Lipinski definition) is 3. The highest BCUT2D eigenvalue weighted by atomic mass is 19.1. The Morgan fingerprint density at radius 3 is 2.70 bits per heavy atom. The Labute approximate surface area is 116 Å². The van der Waals surface area contributed by atoms with Crippen LogP contribution in [-0.2, 0) is 4.74 Å². The van der Waals surface area contributed by atoms with Crippen LogP contribution in [-0.4, -0.2) is 16.7 Å². The Balaban J connectivity index is 2.80. The van der Waals surface area contributed by atoms with Crippen molar-refractivity contribution in [2.24, 2.45) is 11.6 Å². The van der Waals surface area contributed by atoms with E-state index in [0.29, 0.717) is 0 Å². The third kappa shape index (κ3) is 4.73. The molecule has 1 rings (SSSR count). The monoisotopic (exact) mass is 283 g/mol. The van der Waals surface area contributed by atoms with Gasteiger partial charge in [0.2, 0.25) is 0 Å². The summed E-state index contributed by atoms with van der Waals surface area (Å²) in [6.45, 7) is 5.17. The van der Waals surface area contributed by atoms with Gasteiger partial charge in [-0.05, 0) is 20.8 Å². The first-order valence-corrected chi connectivity index (χ1v) is 5.81. The average Bonchev–Trinajstić information content (AvgIpc) is 2.26. The van der Waals surface area contributed by atoms with E-state index in [1.54, 1.807) is 20.8 Å². The van der Waals surface area contributed by atoms with Crippen molar-refractivity contribution in [3.8, 4) is 0 Å². The van der Waals surface area contributed by atoms with Crippen molar-refractivity contribution in [1.82, 2.24) is 4.98 Å². The van der Waals surface area contributed by atoms with E-state index in [-0.39, 0.29) is 11.5 Å². The maximum absolute atomic E-state index is 13.8. The third-order valence-corrected chi connectivity index (χ3v) is 1.96. The summed E-state index contributed by atoms with van der Waals surface area (Å²) in [5.41, 5.74) is 4.66. The van der Waals surface area contributed by atoms with Crippen molar-refractivity contribution < 1.29 is 13.9 Å². The lowest BCUT2D eigenvalue weighted by molar-refractivity contribution is 0.0636. The molecule has 0 saturated carbocycles. The molecule has 0 unspecified atom stereocenters. The molecule has 0 bridgehead atoms. The number of nitrogens with zero attached hydrogens (tertiary/aromatic N) is 2. The van der Waals surface area contributed by atoms with Gasteiger partial charge in [0.05, 0.1) is 11.9 Å². The quantitative estimate of drug-likeness (QED) is 0.575. The van der Waals surface area contributed by atoms with E-state index < -0.39 is 17.5 Å². The molecule has 1 amide bonds. The van der Waals surface area contributed by atoms with E-state index in [1.807, 2.05) is 0 Å². The number of hydrazine groups is 1. The lowest BCUT2D eigenvalue weighted by Gasteiger charge is -2.20. The number of ether oxygens (including phenoxy) is 1. The van der Waals surface area contributed by atoms with Crippen LogP contribution in [0.2, 0.25) is 0 Å². The Bertz CT molecular complexity index is 513. The smallest absolute Gasteiger partial charge is 0.412 e. The number of carbonyl (C=O) groups is 1. The van der Waals surface area contributed by atoms with Gasteiger partial charge in [0.15, 0.2) is 11.6 Å². The van der Waals surface area contributed by atoms with Gasteiger partial charge in [-0.25, -0.2) is 20.0 Å². The fourth-order valence-electron chi connectivity index (χ4n) is 1.27. The highest BCUT2D eigenvalue weighted by Gasteiger charge is 2.17. The molecule has 0 aliphatic rings. The SMILES string of the molecule is CC(C)(C)OC(=O)Nc1cnc(N(N)/C=C\N)c(F)c1. The lowest BCUT2D eigenvalue weighted by atomic mass is 10.2. The summed E-state index contributed by atoms with van der Waals surface area (Å²) in [6.07, 6.45) is 2.95. The van der Waals surface area contributed by atoms with Gasteiger partial charge in [-0.1, -0.05) is 0 Å².